The van der Waals surface area contributed by atoms with E-state index < -0.39 is 0 Å². The minimum absolute atomic E-state index is 0.324. The maximum absolute atomic E-state index is 13.7. The minimum Gasteiger partial charge on any atom is -0.378 e. The second-order valence-electron chi connectivity index (χ2n) is 5.38. The molecule has 3 aromatic heterocycles. The molecule has 6 nitrogen and oxygen atoms in total. The number of pyridine rings is 1. The number of benzene rings is 1. The van der Waals surface area contributed by atoms with Gasteiger partial charge in [0.15, 0.2) is 11.5 Å². The SMILES string of the molecule is Cn1c(N)nc2c(NCc3cn4cccc(F)c4n3)cccc21. The molecule has 0 aliphatic rings. The van der Waals surface area contributed by atoms with Crippen molar-refractivity contribution in [1.29, 1.82) is 0 Å². The minimum atomic E-state index is -0.335. The van der Waals surface area contributed by atoms with Crippen molar-refractivity contribution in [2.24, 2.45) is 7.05 Å². The monoisotopic (exact) mass is 310 g/mol. The molecule has 7 heteroatoms. The third-order valence-corrected chi connectivity index (χ3v) is 3.89. The first-order valence-corrected chi connectivity index (χ1v) is 7.20. The normalized spacial score (nSPS) is 11.4. The third-order valence-electron chi connectivity index (χ3n) is 3.89. The fourth-order valence-electron chi connectivity index (χ4n) is 2.68. The molecule has 1 aromatic carbocycles. The summed E-state index contributed by atoms with van der Waals surface area (Å²) in [5.74, 6) is 0.127. The van der Waals surface area contributed by atoms with Gasteiger partial charge < -0.3 is 20.0 Å². The van der Waals surface area contributed by atoms with Gasteiger partial charge in [-0.25, -0.2) is 14.4 Å². The first-order chi connectivity index (χ1) is 11.1. The molecule has 116 valence electrons. The Morgan fingerprint density at radius 2 is 2.09 bits per heavy atom. The van der Waals surface area contributed by atoms with Crippen LogP contribution in [0.4, 0.5) is 16.0 Å². The van der Waals surface area contributed by atoms with Crippen LogP contribution in [0.1, 0.15) is 5.69 Å². The van der Waals surface area contributed by atoms with Crippen molar-refractivity contribution in [1.82, 2.24) is 18.9 Å². The van der Waals surface area contributed by atoms with Crippen LogP contribution in [0.25, 0.3) is 16.7 Å². The molecule has 0 fully saturated rings. The van der Waals surface area contributed by atoms with E-state index in [1.54, 1.807) is 22.9 Å². The van der Waals surface area contributed by atoms with E-state index in [-0.39, 0.29) is 5.82 Å². The number of nitrogens with one attached hydrogen (secondary N) is 1. The largest absolute Gasteiger partial charge is 0.378 e. The number of imidazole rings is 2. The van der Waals surface area contributed by atoms with Crippen LogP contribution < -0.4 is 11.1 Å². The molecule has 0 bridgehead atoms. The number of nitrogens with zero attached hydrogens (tertiary/aromatic N) is 4. The molecular formula is C16H15FN6. The van der Waals surface area contributed by atoms with Crippen LogP contribution in [0.2, 0.25) is 0 Å². The topological polar surface area (TPSA) is 73.2 Å². The zero-order valence-electron chi connectivity index (χ0n) is 12.5. The average Bonchev–Trinajstić information content (AvgIpc) is 3.09. The highest BCUT2D eigenvalue weighted by atomic mass is 19.1. The van der Waals surface area contributed by atoms with Gasteiger partial charge in [0.05, 0.1) is 23.4 Å². The van der Waals surface area contributed by atoms with E-state index in [1.807, 2.05) is 29.8 Å². The van der Waals surface area contributed by atoms with Gasteiger partial charge in [-0.15, -0.1) is 0 Å². The number of aryl methyl sites for hydroxylation is 1. The van der Waals surface area contributed by atoms with Crippen LogP contribution in [0.15, 0.2) is 42.7 Å². The molecule has 0 spiro atoms. The average molecular weight is 310 g/mol. The van der Waals surface area contributed by atoms with E-state index in [2.05, 4.69) is 15.3 Å². The lowest BCUT2D eigenvalue weighted by Crippen LogP contribution is -2.00. The molecule has 23 heavy (non-hydrogen) atoms. The highest BCUT2D eigenvalue weighted by Crippen LogP contribution is 2.24. The Balaban J connectivity index is 1.66. The van der Waals surface area contributed by atoms with Crippen molar-refractivity contribution in [3.63, 3.8) is 0 Å². The summed E-state index contributed by atoms with van der Waals surface area (Å²) < 4.78 is 17.2. The lowest BCUT2D eigenvalue weighted by Gasteiger charge is -2.05. The van der Waals surface area contributed by atoms with Crippen LogP contribution in [-0.2, 0) is 13.6 Å². The first kappa shape index (κ1) is 13.6. The van der Waals surface area contributed by atoms with Gasteiger partial charge in [-0.3, -0.25) is 0 Å². The summed E-state index contributed by atoms with van der Waals surface area (Å²) >= 11 is 0. The van der Waals surface area contributed by atoms with Gasteiger partial charge in [0.1, 0.15) is 5.52 Å². The quantitative estimate of drug-likeness (QED) is 0.610. The van der Waals surface area contributed by atoms with E-state index >= 15 is 0 Å². The van der Waals surface area contributed by atoms with Crippen LogP contribution in [0, 0.1) is 5.82 Å². The Morgan fingerprint density at radius 3 is 2.91 bits per heavy atom. The number of rotatable bonds is 3. The number of anilines is 2. The van der Waals surface area contributed by atoms with E-state index in [9.17, 15) is 4.39 Å². The zero-order chi connectivity index (χ0) is 16.0. The summed E-state index contributed by atoms with van der Waals surface area (Å²) in [4.78, 5) is 8.68. The number of aromatic nitrogens is 4. The van der Waals surface area contributed by atoms with Crippen molar-refractivity contribution in [3.05, 3.63) is 54.2 Å². The molecule has 0 aliphatic carbocycles. The Morgan fingerprint density at radius 1 is 1.22 bits per heavy atom. The number of hydrogen-bond donors (Lipinski definition) is 2. The number of fused-ring (bicyclic) bond motifs is 2. The van der Waals surface area contributed by atoms with E-state index in [4.69, 9.17) is 5.73 Å². The number of nitrogen functional groups attached to an aromatic ring is 1. The summed E-state index contributed by atoms with van der Waals surface area (Å²) in [7, 11) is 1.87. The number of nitrogens with two attached hydrogens (primary N) is 1. The molecule has 0 unspecified atom stereocenters. The molecule has 4 aromatic rings. The maximum Gasteiger partial charge on any atom is 0.201 e. The standard InChI is InChI=1S/C16H15FN6/c1-22-13-6-2-5-12(14(13)21-16(22)18)19-8-10-9-23-7-3-4-11(17)15(23)20-10/h2-7,9,19H,8H2,1H3,(H2,18,21). The lowest BCUT2D eigenvalue weighted by atomic mass is 10.2. The maximum atomic E-state index is 13.7. The molecule has 3 heterocycles. The van der Waals surface area contributed by atoms with Crippen LogP contribution in [0.3, 0.4) is 0 Å². The Kier molecular flexibility index (Phi) is 2.94. The molecule has 4 rings (SSSR count). The molecule has 0 atom stereocenters. The lowest BCUT2D eigenvalue weighted by molar-refractivity contribution is 0.630. The molecule has 0 radical (unpaired) electrons. The zero-order valence-corrected chi connectivity index (χ0v) is 12.5. The summed E-state index contributed by atoms with van der Waals surface area (Å²) in [5.41, 5.74) is 9.56. The van der Waals surface area contributed by atoms with Crippen molar-refractivity contribution in [3.8, 4) is 0 Å². The van der Waals surface area contributed by atoms with Gasteiger partial charge in [0.2, 0.25) is 5.95 Å². The third kappa shape index (κ3) is 2.17. The highest BCUT2D eigenvalue weighted by molar-refractivity contribution is 5.90. The number of hydrogen-bond acceptors (Lipinski definition) is 4. The van der Waals surface area contributed by atoms with Crippen molar-refractivity contribution >= 4 is 28.3 Å². The van der Waals surface area contributed by atoms with Crippen LogP contribution >= 0.6 is 0 Å². The Labute approximate surface area is 131 Å². The van der Waals surface area contributed by atoms with E-state index in [0.717, 1.165) is 22.4 Å². The second-order valence-corrected chi connectivity index (χ2v) is 5.38. The fourth-order valence-corrected chi connectivity index (χ4v) is 2.68. The molecule has 0 amide bonds. The molecular weight excluding hydrogens is 295 g/mol. The van der Waals surface area contributed by atoms with Gasteiger partial charge in [-0.1, -0.05) is 6.07 Å². The smallest absolute Gasteiger partial charge is 0.201 e. The summed E-state index contributed by atoms with van der Waals surface area (Å²) in [6.07, 6.45) is 3.58. The predicted molar refractivity (Wildman–Crippen MR) is 87.6 cm³/mol. The van der Waals surface area contributed by atoms with Gasteiger partial charge in [-0.2, -0.15) is 0 Å². The summed E-state index contributed by atoms with van der Waals surface area (Å²) in [5, 5.41) is 3.30. The van der Waals surface area contributed by atoms with Gasteiger partial charge in [0, 0.05) is 19.4 Å². The fraction of sp³-hybridized carbons (Fsp3) is 0.125. The van der Waals surface area contributed by atoms with Crippen LogP contribution in [0.5, 0.6) is 0 Å². The van der Waals surface area contributed by atoms with Gasteiger partial charge in [-0.05, 0) is 24.3 Å². The summed E-state index contributed by atoms with van der Waals surface area (Å²) in [6, 6.07) is 8.89. The van der Waals surface area contributed by atoms with E-state index in [1.165, 1.54) is 6.07 Å². The van der Waals surface area contributed by atoms with Gasteiger partial charge >= 0.3 is 0 Å². The Hall–Kier alpha value is -3.09. The van der Waals surface area contributed by atoms with E-state index in [0.29, 0.717) is 18.1 Å². The van der Waals surface area contributed by atoms with Crippen molar-refractivity contribution in [2.45, 2.75) is 6.54 Å². The number of halogens is 1. The predicted octanol–water partition coefficient (Wildman–Crippen LogP) is 2.55. The first-order valence-electron chi connectivity index (χ1n) is 7.20. The Bertz CT molecular complexity index is 1020. The van der Waals surface area contributed by atoms with Crippen LogP contribution in [-0.4, -0.2) is 18.9 Å². The van der Waals surface area contributed by atoms with Crippen molar-refractivity contribution in [2.75, 3.05) is 11.1 Å². The highest BCUT2D eigenvalue weighted by Gasteiger charge is 2.10. The summed E-state index contributed by atoms with van der Waals surface area (Å²) in [6.45, 7) is 0.469. The molecule has 3 N–H and O–H groups in total. The molecule has 0 aliphatic heterocycles. The van der Waals surface area contributed by atoms with Crippen molar-refractivity contribution < 1.29 is 4.39 Å². The molecule has 0 saturated carbocycles. The van der Waals surface area contributed by atoms with Gasteiger partial charge in [0.25, 0.3) is 0 Å². The molecule has 0 saturated heterocycles. The second kappa shape index (κ2) is 4.98. The number of para-hydroxylation sites is 1.